The Balaban J connectivity index is 2.81. The molecule has 3 N–H and O–H groups in total. The van der Waals surface area contributed by atoms with E-state index in [9.17, 15) is 9.59 Å². The predicted molar refractivity (Wildman–Crippen MR) is 79.0 cm³/mol. The van der Waals surface area contributed by atoms with Crippen molar-refractivity contribution in [3.8, 4) is 0 Å². The average Bonchev–Trinajstić information content (AvgIpc) is 2.43. The highest BCUT2D eigenvalue weighted by Crippen LogP contribution is 2.14. The number of rotatable bonds is 6. The molecule has 1 rings (SSSR count). The van der Waals surface area contributed by atoms with Gasteiger partial charge in [0.05, 0.1) is 0 Å². The van der Waals surface area contributed by atoms with E-state index in [4.69, 9.17) is 11.6 Å². The zero-order valence-electron chi connectivity index (χ0n) is 11.8. The summed E-state index contributed by atoms with van der Waals surface area (Å²) in [7, 11) is 1.51. The zero-order valence-corrected chi connectivity index (χ0v) is 12.5. The first-order valence-electron chi connectivity index (χ1n) is 6.41. The number of anilines is 1. The van der Waals surface area contributed by atoms with E-state index in [-0.39, 0.29) is 17.0 Å². The maximum atomic E-state index is 12.0. The molecule has 1 unspecified atom stereocenters. The molecule has 1 atom stereocenters. The third-order valence-corrected chi connectivity index (χ3v) is 2.79. The van der Waals surface area contributed by atoms with Crippen molar-refractivity contribution < 1.29 is 9.59 Å². The van der Waals surface area contributed by atoms with Crippen molar-refractivity contribution in [1.82, 2.24) is 15.6 Å². The summed E-state index contributed by atoms with van der Waals surface area (Å²) in [5.41, 5.74) is 0.361. The fraction of sp³-hybridized carbons (Fsp3) is 0.462. The first-order chi connectivity index (χ1) is 9.47. The minimum Gasteiger partial charge on any atom is -0.370 e. The molecular formula is C13H19ClN4O2. The van der Waals surface area contributed by atoms with Crippen molar-refractivity contribution in [2.24, 2.45) is 0 Å². The van der Waals surface area contributed by atoms with E-state index in [1.54, 1.807) is 13.0 Å². The number of amides is 2. The second-order valence-corrected chi connectivity index (χ2v) is 4.69. The molecule has 0 aliphatic heterocycles. The fourth-order valence-electron chi connectivity index (χ4n) is 1.53. The van der Waals surface area contributed by atoms with Crippen molar-refractivity contribution in [2.45, 2.75) is 26.3 Å². The van der Waals surface area contributed by atoms with Crippen LogP contribution < -0.4 is 16.0 Å². The number of likely N-dealkylation sites (N-methyl/N-ethyl adjacent to an activating group) is 1. The topological polar surface area (TPSA) is 83.1 Å². The fourth-order valence-corrected chi connectivity index (χ4v) is 1.74. The Hall–Kier alpha value is -1.82. The Kier molecular flexibility index (Phi) is 6.24. The van der Waals surface area contributed by atoms with E-state index in [0.29, 0.717) is 11.4 Å². The molecule has 110 valence electrons. The average molecular weight is 299 g/mol. The van der Waals surface area contributed by atoms with Crippen molar-refractivity contribution in [3.05, 3.63) is 22.8 Å². The number of halogens is 1. The maximum absolute atomic E-state index is 12.0. The molecule has 6 nitrogen and oxygen atoms in total. The van der Waals surface area contributed by atoms with Crippen LogP contribution in [0.25, 0.3) is 0 Å². The van der Waals surface area contributed by atoms with Gasteiger partial charge in [0, 0.05) is 19.2 Å². The van der Waals surface area contributed by atoms with Gasteiger partial charge in [0.15, 0.2) is 0 Å². The summed E-state index contributed by atoms with van der Waals surface area (Å²) in [6.45, 7) is 4.37. The highest BCUT2D eigenvalue weighted by atomic mass is 35.5. The van der Waals surface area contributed by atoms with Gasteiger partial charge in [-0.1, -0.05) is 18.5 Å². The molecule has 0 aliphatic rings. The van der Waals surface area contributed by atoms with Crippen LogP contribution in [0.3, 0.4) is 0 Å². The number of aromatic nitrogens is 1. The molecule has 0 fully saturated rings. The third-order valence-electron chi connectivity index (χ3n) is 2.60. The van der Waals surface area contributed by atoms with E-state index in [1.165, 1.54) is 13.1 Å². The van der Waals surface area contributed by atoms with Crippen molar-refractivity contribution >= 4 is 29.2 Å². The van der Waals surface area contributed by atoms with Crippen LogP contribution >= 0.6 is 11.6 Å². The number of carbonyl (C=O) groups is 2. The minimum absolute atomic E-state index is 0.226. The van der Waals surface area contributed by atoms with Crippen LogP contribution in [-0.4, -0.2) is 36.4 Å². The van der Waals surface area contributed by atoms with Gasteiger partial charge in [-0.25, -0.2) is 4.98 Å². The summed E-state index contributed by atoms with van der Waals surface area (Å²) >= 11 is 5.89. The van der Waals surface area contributed by atoms with Gasteiger partial charge in [0.2, 0.25) is 5.91 Å². The lowest BCUT2D eigenvalue weighted by Gasteiger charge is -2.13. The van der Waals surface area contributed by atoms with Crippen LogP contribution in [0.5, 0.6) is 0 Å². The molecule has 0 bridgehead atoms. The summed E-state index contributed by atoms with van der Waals surface area (Å²) in [6.07, 6.45) is 0.934. The SMILES string of the molecule is CCCNc1cc(C(=O)NC(C)C(=O)NC)cc(Cl)n1. The summed E-state index contributed by atoms with van der Waals surface area (Å²) in [6, 6.07) is 2.45. The number of hydrogen-bond acceptors (Lipinski definition) is 4. The van der Waals surface area contributed by atoms with Gasteiger partial charge in [-0.05, 0) is 25.5 Å². The van der Waals surface area contributed by atoms with Gasteiger partial charge in [0.1, 0.15) is 17.0 Å². The Morgan fingerprint density at radius 2 is 2.10 bits per heavy atom. The van der Waals surface area contributed by atoms with Crippen molar-refractivity contribution in [3.63, 3.8) is 0 Å². The Morgan fingerprint density at radius 1 is 1.40 bits per heavy atom. The summed E-state index contributed by atoms with van der Waals surface area (Å²) in [4.78, 5) is 27.5. The monoisotopic (exact) mass is 298 g/mol. The lowest BCUT2D eigenvalue weighted by atomic mass is 10.2. The molecule has 0 radical (unpaired) electrons. The molecule has 0 saturated carbocycles. The first-order valence-corrected chi connectivity index (χ1v) is 6.79. The Morgan fingerprint density at radius 3 is 2.70 bits per heavy atom. The van der Waals surface area contributed by atoms with Gasteiger partial charge < -0.3 is 16.0 Å². The van der Waals surface area contributed by atoms with E-state index in [1.807, 2.05) is 6.92 Å². The lowest BCUT2D eigenvalue weighted by molar-refractivity contribution is -0.122. The van der Waals surface area contributed by atoms with Gasteiger partial charge >= 0.3 is 0 Å². The standard InChI is InChI=1S/C13H19ClN4O2/c1-4-5-16-11-7-9(6-10(14)18-11)13(20)17-8(2)12(19)15-3/h6-8H,4-5H2,1-3H3,(H,15,19)(H,16,18)(H,17,20). The minimum atomic E-state index is -0.619. The highest BCUT2D eigenvalue weighted by Gasteiger charge is 2.16. The predicted octanol–water partition coefficient (Wildman–Crippen LogP) is 1.42. The van der Waals surface area contributed by atoms with Gasteiger partial charge in [0.25, 0.3) is 5.91 Å². The molecule has 0 spiro atoms. The van der Waals surface area contributed by atoms with Crippen LogP contribution in [0.2, 0.25) is 5.15 Å². The van der Waals surface area contributed by atoms with E-state index in [0.717, 1.165) is 13.0 Å². The molecule has 1 aromatic heterocycles. The number of carbonyl (C=O) groups excluding carboxylic acids is 2. The van der Waals surface area contributed by atoms with E-state index < -0.39 is 6.04 Å². The van der Waals surface area contributed by atoms with Crippen LogP contribution in [-0.2, 0) is 4.79 Å². The summed E-state index contributed by atoms with van der Waals surface area (Å²) in [5, 5.41) is 8.35. The van der Waals surface area contributed by atoms with Crippen LogP contribution in [0.1, 0.15) is 30.6 Å². The Bertz CT molecular complexity index is 493. The molecule has 0 saturated heterocycles. The van der Waals surface area contributed by atoms with Crippen LogP contribution in [0.15, 0.2) is 12.1 Å². The van der Waals surface area contributed by atoms with E-state index in [2.05, 4.69) is 20.9 Å². The van der Waals surface area contributed by atoms with Crippen LogP contribution in [0, 0.1) is 0 Å². The second kappa shape index (κ2) is 7.69. The lowest BCUT2D eigenvalue weighted by Crippen LogP contribution is -2.43. The molecule has 0 aliphatic carbocycles. The number of pyridine rings is 1. The van der Waals surface area contributed by atoms with Crippen LogP contribution in [0.4, 0.5) is 5.82 Å². The number of hydrogen-bond donors (Lipinski definition) is 3. The number of nitrogens with one attached hydrogen (secondary N) is 3. The van der Waals surface area contributed by atoms with Crippen molar-refractivity contribution in [2.75, 3.05) is 18.9 Å². The first kappa shape index (κ1) is 16.2. The molecule has 2 amide bonds. The molecule has 1 heterocycles. The molecule has 1 aromatic rings. The summed E-state index contributed by atoms with van der Waals surface area (Å²) in [5.74, 6) is -0.0927. The number of nitrogens with zero attached hydrogens (tertiary/aromatic N) is 1. The normalized spacial score (nSPS) is 11.6. The quantitative estimate of drug-likeness (QED) is 0.694. The summed E-state index contributed by atoms with van der Waals surface area (Å²) < 4.78 is 0. The van der Waals surface area contributed by atoms with Gasteiger partial charge in [-0.3, -0.25) is 9.59 Å². The maximum Gasteiger partial charge on any atom is 0.252 e. The van der Waals surface area contributed by atoms with Crippen molar-refractivity contribution in [1.29, 1.82) is 0 Å². The molecule has 7 heteroatoms. The van der Waals surface area contributed by atoms with E-state index >= 15 is 0 Å². The molecular weight excluding hydrogens is 280 g/mol. The third kappa shape index (κ3) is 4.70. The molecule has 20 heavy (non-hydrogen) atoms. The smallest absolute Gasteiger partial charge is 0.252 e. The molecule has 0 aromatic carbocycles. The largest absolute Gasteiger partial charge is 0.370 e. The second-order valence-electron chi connectivity index (χ2n) is 4.30. The van der Waals surface area contributed by atoms with Gasteiger partial charge in [-0.2, -0.15) is 0 Å². The Labute approximate surface area is 123 Å². The van der Waals surface area contributed by atoms with Gasteiger partial charge in [-0.15, -0.1) is 0 Å². The highest BCUT2D eigenvalue weighted by molar-refractivity contribution is 6.29. The zero-order chi connectivity index (χ0) is 15.1.